The first-order valence-electron chi connectivity index (χ1n) is 5.39. The molecule has 0 aliphatic heterocycles. The van der Waals surface area contributed by atoms with Crippen molar-refractivity contribution in [1.82, 2.24) is 0 Å². The van der Waals surface area contributed by atoms with Gasteiger partial charge in [-0.25, -0.2) is 4.57 Å². The first kappa shape index (κ1) is 16.5. The third-order valence-electron chi connectivity index (χ3n) is 1.86. The molecule has 0 spiro atoms. The number of carbonyl (C=O) groups excluding carboxylic acids is 1. The summed E-state index contributed by atoms with van der Waals surface area (Å²) in [5.74, 6) is -0.436. The van der Waals surface area contributed by atoms with Crippen molar-refractivity contribution >= 4 is 13.8 Å². The standard InChI is InChI=1S/C9H19O7P/c1-2-3-4-5-9(11)15-6-8(10)7-16-17(12,13)14/h8,10H,2-7H2,1H3,(H2,12,13,14)/t8-/m0/s1. The van der Waals surface area contributed by atoms with Crippen LogP contribution in [0.4, 0.5) is 0 Å². The summed E-state index contributed by atoms with van der Waals surface area (Å²) in [5, 5.41) is 9.19. The Bertz CT molecular complexity index is 262. The second-order valence-corrected chi connectivity index (χ2v) is 4.82. The van der Waals surface area contributed by atoms with Gasteiger partial charge >= 0.3 is 13.8 Å². The summed E-state index contributed by atoms with van der Waals surface area (Å²) in [6, 6.07) is 0. The van der Waals surface area contributed by atoms with Crippen LogP contribution in [0.25, 0.3) is 0 Å². The Morgan fingerprint density at radius 2 is 1.94 bits per heavy atom. The summed E-state index contributed by atoms with van der Waals surface area (Å²) >= 11 is 0. The van der Waals surface area contributed by atoms with Gasteiger partial charge in [0.1, 0.15) is 12.7 Å². The first-order chi connectivity index (χ1) is 7.85. The van der Waals surface area contributed by atoms with Crippen molar-refractivity contribution in [3.8, 4) is 0 Å². The van der Waals surface area contributed by atoms with Crippen LogP contribution in [0.15, 0.2) is 0 Å². The largest absolute Gasteiger partial charge is 0.469 e. The molecule has 0 aromatic carbocycles. The van der Waals surface area contributed by atoms with Crippen molar-refractivity contribution < 1.29 is 33.5 Å². The van der Waals surface area contributed by atoms with Gasteiger partial charge in [-0.3, -0.25) is 9.32 Å². The first-order valence-corrected chi connectivity index (χ1v) is 6.92. The molecule has 0 aliphatic carbocycles. The number of phosphoric acid groups is 1. The molecule has 0 heterocycles. The summed E-state index contributed by atoms with van der Waals surface area (Å²) in [7, 11) is -4.59. The predicted molar refractivity (Wildman–Crippen MR) is 59.1 cm³/mol. The Morgan fingerprint density at radius 1 is 1.29 bits per heavy atom. The minimum atomic E-state index is -4.59. The number of hydrogen-bond donors (Lipinski definition) is 3. The van der Waals surface area contributed by atoms with Gasteiger partial charge in [0, 0.05) is 6.42 Å². The predicted octanol–water partition coefficient (Wildman–Crippen LogP) is 0.580. The van der Waals surface area contributed by atoms with Gasteiger partial charge in [0.05, 0.1) is 6.61 Å². The van der Waals surface area contributed by atoms with E-state index in [0.717, 1.165) is 19.3 Å². The number of hydrogen-bond acceptors (Lipinski definition) is 5. The van der Waals surface area contributed by atoms with Crippen LogP contribution < -0.4 is 0 Å². The highest BCUT2D eigenvalue weighted by Gasteiger charge is 2.17. The van der Waals surface area contributed by atoms with E-state index in [1.807, 2.05) is 6.92 Å². The van der Waals surface area contributed by atoms with E-state index < -0.39 is 26.5 Å². The molecular weight excluding hydrogens is 251 g/mol. The van der Waals surface area contributed by atoms with Crippen molar-refractivity contribution in [3.63, 3.8) is 0 Å². The Hall–Kier alpha value is -0.460. The van der Waals surface area contributed by atoms with Crippen LogP contribution in [0.3, 0.4) is 0 Å². The van der Waals surface area contributed by atoms with E-state index in [-0.39, 0.29) is 13.0 Å². The molecule has 0 aromatic rings. The lowest BCUT2D eigenvalue weighted by atomic mass is 10.2. The monoisotopic (exact) mass is 270 g/mol. The molecule has 0 bridgehead atoms. The summed E-state index contributed by atoms with van der Waals surface area (Å²) in [4.78, 5) is 27.8. The Kier molecular flexibility index (Phi) is 8.37. The summed E-state index contributed by atoms with van der Waals surface area (Å²) < 4.78 is 19.0. The fourth-order valence-corrected chi connectivity index (χ4v) is 1.38. The summed E-state index contributed by atoms with van der Waals surface area (Å²) in [6.45, 7) is 1.10. The van der Waals surface area contributed by atoms with Crippen LogP contribution in [0.5, 0.6) is 0 Å². The lowest BCUT2D eigenvalue weighted by Crippen LogP contribution is -2.23. The highest BCUT2D eigenvalue weighted by molar-refractivity contribution is 7.46. The molecule has 8 heteroatoms. The quantitative estimate of drug-likeness (QED) is 0.319. The average molecular weight is 270 g/mol. The number of aliphatic hydroxyl groups is 1. The van der Waals surface area contributed by atoms with E-state index in [9.17, 15) is 14.5 Å². The molecule has 0 saturated carbocycles. The van der Waals surface area contributed by atoms with Crippen molar-refractivity contribution in [2.45, 2.75) is 38.7 Å². The van der Waals surface area contributed by atoms with Gasteiger partial charge in [-0.1, -0.05) is 19.8 Å². The second-order valence-electron chi connectivity index (χ2n) is 3.58. The van der Waals surface area contributed by atoms with Gasteiger partial charge in [0.15, 0.2) is 0 Å². The van der Waals surface area contributed by atoms with Gasteiger partial charge in [-0.15, -0.1) is 0 Å². The molecule has 3 N–H and O–H groups in total. The van der Waals surface area contributed by atoms with Crippen LogP contribution in [-0.2, 0) is 18.6 Å². The van der Waals surface area contributed by atoms with E-state index in [2.05, 4.69) is 4.52 Å². The summed E-state index contributed by atoms with van der Waals surface area (Å²) in [6.07, 6.45) is 1.69. The van der Waals surface area contributed by atoms with Crippen molar-refractivity contribution in [2.75, 3.05) is 13.2 Å². The number of esters is 1. The smallest absolute Gasteiger partial charge is 0.463 e. The Morgan fingerprint density at radius 3 is 2.47 bits per heavy atom. The van der Waals surface area contributed by atoms with Gasteiger partial charge in [0.25, 0.3) is 0 Å². The molecule has 1 atom stereocenters. The van der Waals surface area contributed by atoms with Crippen LogP contribution >= 0.6 is 7.82 Å². The zero-order valence-corrected chi connectivity index (χ0v) is 10.6. The number of ether oxygens (including phenoxy) is 1. The zero-order chi connectivity index (χ0) is 13.3. The van der Waals surface area contributed by atoms with Gasteiger partial charge in [0.2, 0.25) is 0 Å². The van der Waals surface area contributed by atoms with E-state index in [0.29, 0.717) is 0 Å². The number of rotatable bonds is 9. The van der Waals surface area contributed by atoms with Crippen molar-refractivity contribution in [3.05, 3.63) is 0 Å². The van der Waals surface area contributed by atoms with Gasteiger partial charge in [-0.05, 0) is 6.42 Å². The SMILES string of the molecule is CCCCCC(=O)OC[C@H](O)COP(=O)(O)O. The number of phosphoric ester groups is 1. The average Bonchev–Trinajstić information content (AvgIpc) is 2.23. The zero-order valence-electron chi connectivity index (χ0n) is 9.74. The molecule has 0 aromatic heterocycles. The molecule has 0 fully saturated rings. The number of unbranched alkanes of at least 4 members (excludes halogenated alkanes) is 2. The van der Waals surface area contributed by atoms with Crippen LogP contribution in [0, 0.1) is 0 Å². The van der Waals surface area contributed by atoms with Gasteiger partial charge < -0.3 is 19.6 Å². The highest BCUT2D eigenvalue weighted by atomic mass is 31.2. The van der Waals surface area contributed by atoms with E-state index in [1.54, 1.807) is 0 Å². The van der Waals surface area contributed by atoms with Crippen LogP contribution in [0.1, 0.15) is 32.6 Å². The molecular formula is C9H19O7P. The fourth-order valence-electron chi connectivity index (χ4n) is 1.01. The second kappa shape index (κ2) is 8.60. The van der Waals surface area contributed by atoms with E-state index in [4.69, 9.17) is 14.5 Å². The Balaban J connectivity index is 3.59. The minimum Gasteiger partial charge on any atom is -0.463 e. The number of aliphatic hydroxyl groups excluding tert-OH is 1. The minimum absolute atomic E-state index is 0.278. The van der Waals surface area contributed by atoms with Crippen LogP contribution in [-0.4, -0.2) is 40.2 Å². The van der Waals surface area contributed by atoms with Gasteiger partial charge in [-0.2, -0.15) is 0 Å². The lowest BCUT2D eigenvalue weighted by molar-refractivity contribution is -0.147. The summed E-state index contributed by atoms with van der Waals surface area (Å²) in [5.41, 5.74) is 0. The molecule has 0 amide bonds. The van der Waals surface area contributed by atoms with Crippen molar-refractivity contribution in [2.24, 2.45) is 0 Å². The molecule has 0 aliphatic rings. The lowest BCUT2D eigenvalue weighted by Gasteiger charge is -2.12. The molecule has 0 rings (SSSR count). The molecule has 7 nitrogen and oxygen atoms in total. The molecule has 102 valence electrons. The maximum absolute atomic E-state index is 11.1. The molecule has 17 heavy (non-hydrogen) atoms. The maximum atomic E-state index is 11.1. The van der Waals surface area contributed by atoms with Crippen LogP contribution in [0.2, 0.25) is 0 Å². The van der Waals surface area contributed by atoms with Crippen molar-refractivity contribution in [1.29, 1.82) is 0 Å². The molecule has 0 unspecified atom stereocenters. The highest BCUT2D eigenvalue weighted by Crippen LogP contribution is 2.35. The normalized spacial score (nSPS) is 13.4. The third kappa shape index (κ3) is 11.8. The van der Waals surface area contributed by atoms with E-state index >= 15 is 0 Å². The topological polar surface area (TPSA) is 113 Å². The third-order valence-corrected chi connectivity index (χ3v) is 2.34. The molecule has 0 radical (unpaired) electrons. The molecule has 0 saturated heterocycles. The fraction of sp³-hybridized carbons (Fsp3) is 0.889. The Labute approximate surface area is 100.0 Å². The number of carbonyl (C=O) groups is 1. The maximum Gasteiger partial charge on any atom is 0.469 e. The van der Waals surface area contributed by atoms with E-state index in [1.165, 1.54) is 0 Å².